The van der Waals surface area contributed by atoms with Crippen LogP contribution in [0.1, 0.15) is 0 Å². The van der Waals surface area contributed by atoms with Crippen LogP contribution in [0.2, 0.25) is 0 Å². The molecule has 4 heteroatoms. The van der Waals surface area contributed by atoms with Crippen molar-refractivity contribution in [2.45, 2.75) is 0 Å². The van der Waals surface area contributed by atoms with Gasteiger partial charge < -0.3 is 4.42 Å². The first-order valence-corrected chi connectivity index (χ1v) is 19.2. The second-order valence-electron chi connectivity index (χ2n) is 14.3. The molecule has 11 rings (SSSR count). The van der Waals surface area contributed by atoms with Gasteiger partial charge in [-0.15, -0.1) is 0 Å². The van der Waals surface area contributed by atoms with Gasteiger partial charge in [-0.25, -0.2) is 15.0 Å². The fourth-order valence-corrected chi connectivity index (χ4v) is 8.13. The third kappa shape index (κ3) is 5.74. The Morgan fingerprint density at radius 2 is 0.895 bits per heavy atom. The molecule has 0 radical (unpaired) electrons. The third-order valence-electron chi connectivity index (χ3n) is 10.9. The number of hydrogen-bond donors (Lipinski definition) is 0. The molecular weight excluding hydrogens is 695 g/mol. The van der Waals surface area contributed by atoms with E-state index in [1.165, 1.54) is 0 Å². The first-order valence-electron chi connectivity index (χ1n) is 19.2. The summed E-state index contributed by atoms with van der Waals surface area (Å²) in [6, 6.07) is 69.6. The molecule has 0 aliphatic heterocycles. The molecule has 11 aromatic rings. The van der Waals surface area contributed by atoms with E-state index in [1.807, 2.05) is 42.5 Å². The number of para-hydroxylation sites is 2. The fourth-order valence-electron chi connectivity index (χ4n) is 8.13. The van der Waals surface area contributed by atoms with Gasteiger partial charge in [-0.2, -0.15) is 0 Å². The largest absolute Gasteiger partial charge is 0.455 e. The molecule has 8 aromatic carbocycles. The van der Waals surface area contributed by atoms with Gasteiger partial charge in [0.2, 0.25) is 0 Å². The first-order chi connectivity index (χ1) is 28.2. The van der Waals surface area contributed by atoms with Crippen molar-refractivity contribution in [3.8, 4) is 67.4 Å². The molecule has 0 unspecified atom stereocenters. The molecule has 0 amide bonds. The molecule has 0 N–H and O–H groups in total. The molecule has 3 heterocycles. The molecule has 4 nitrogen and oxygen atoms in total. The molecule has 266 valence electrons. The van der Waals surface area contributed by atoms with Crippen molar-refractivity contribution in [1.29, 1.82) is 0 Å². The van der Waals surface area contributed by atoms with Crippen molar-refractivity contribution in [3.63, 3.8) is 0 Å². The molecule has 0 aliphatic rings. The summed E-state index contributed by atoms with van der Waals surface area (Å²) in [6.45, 7) is 0. The Kier molecular flexibility index (Phi) is 7.78. The van der Waals surface area contributed by atoms with E-state index in [9.17, 15) is 0 Å². The number of fused-ring (bicyclic) bond motifs is 7. The van der Waals surface area contributed by atoms with Gasteiger partial charge in [0.15, 0.2) is 5.82 Å². The van der Waals surface area contributed by atoms with Crippen molar-refractivity contribution >= 4 is 43.6 Å². The van der Waals surface area contributed by atoms with Crippen LogP contribution in [0.15, 0.2) is 205 Å². The van der Waals surface area contributed by atoms with Crippen LogP contribution in [0.3, 0.4) is 0 Å². The Morgan fingerprint density at radius 1 is 0.333 bits per heavy atom. The van der Waals surface area contributed by atoms with Crippen LogP contribution < -0.4 is 0 Å². The van der Waals surface area contributed by atoms with E-state index in [-0.39, 0.29) is 0 Å². The molecule has 3 aromatic heterocycles. The second-order valence-corrected chi connectivity index (χ2v) is 14.3. The maximum atomic E-state index is 6.80. The summed E-state index contributed by atoms with van der Waals surface area (Å²) < 4.78 is 6.80. The van der Waals surface area contributed by atoms with Crippen molar-refractivity contribution in [3.05, 3.63) is 200 Å². The average Bonchev–Trinajstić information content (AvgIpc) is 3.69. The van der Waals surface area contributed by atoms with E-state index in [4.69, 9.17) is 19.4 Å². The standard InChI is InChI=1S/C53H33N3O/c1-4-15-35(16-5-1)46-33-47(56-53(55-46)38-19-8-3-9-20-38)36-29-27-34(28-30-36)39-21-14-22-40(31-39)43-32-44-49(50-42-24-11-13-26-48(42)57-52(43)50)41-23-10-12-25-45(41)54-51(44)37-17-6-2-7-18-37/h1-33H. The fraction of sp³-hybridized carbons (Fsp3) is 0. The normalized spacial score (nSPS) is 11.5. The number of furan rings is 1. The molecule has 0 spiro atoms. The molecular formula is C53H33N3O. The zero-order valence-electron chi connectivity index (χ0n) is 30.8. The Bertz CT molecular complexity index is 3210. The minimum atomic E-state index is 0.703. The lowest BCUT2D eigenvalue weighted by Gasteiger charge is -2.14. The van der Waals surface area contributed by atoms with E-state index in [0.717, 1.165) is 105 Å². The highest BCUT2D eigenvalue weighted by Gasteiger charge is 2.21. The van der Waals surface area contributed by atoms with Crippen molar-refractivity contribution in [2.75, 3.05) is 0 Å². The number of pyridine rings is 1. The minimum Gasteiger partial charge on any atom is -0.455 e. The summed E-state index contributed by atoms with van der Waals surface area (Å²) in [4.78, 5) is 15.3. The van der Waals surface area contributed by atoms with Crippen LogP contribution in [-0.2, 0) is 0 Å². The smallest absolute Gasteiger partial charge is 0.160 e. The average molecular weight is 728 g/mol. The van der Waals surface area contributed by atoms with Crippen LogP contribution in [0, 0.1) is 0 Å². The Labute approximate surface area is 329 Å². The van der Waals surface area contributed by atoms with E-state index < -0.39 is 0 Å². The number of aromatic nitrogens is 3. The molecule has 0 saturated heterocycles. The lowest BCUT2D eigenvalue weighted by molar-refractivity contribution is 0.670. The predicted molar refractivity (Wildman–Crippen MR) is 235 cm³/mol. The van der Waals surface area contributed by atoms with Gasteiger partial charge in [-0.05, 0) is 47.0 Å². The van der Waals surface area contributed by atoms with Crippen LogP contribution in [0.4, 0.5) is 0 Å². The van der Waals surface area contributed by atoms with Gasteiger partial charge in [0.25, 0.3) is 0 Å². The summed E-state index contributed by atoms with van der Waals surface area (Å²) >= 11 is 0. The highest BCUT2D eigenvalue weighted by atomic mass is 16.3. The van der Waals surface area contributed by atoms with Crippen LogP contribution in [-0.4, -0.2) is 15.0 Å². The monoisotopic (exact) mass is 727 g/mol. The number of rotatable bonds is 6. The molecule has 57 heavy (non-hydrogen) atoms. The molecule has 0 fully saturated rings. The lowest BCUT2D eigenvalue weighted by Crippen LogP contribution is -1.95. The molecule has 0 atom stereocenters. The van der Waals surface area contributed by atoms with E-state index >= 15 is 0 Å². The minimum absolute atomic E-state index is 0.703. The van der Waals surface area contributed by atoms with E-state index in [0.29, 0.717) is 5.82 Å². The summed E-state index contributed by atoms with van der Waals surface area (Å²) in [7, 11) is 0. The summed E-state index contributed by atoms with van der Waals surface area (Å²) in [5, 5.41) is 5.57. The van der Waals surface area contributed by atoms with Gasteiger partial charge in [-0.3, -0.25) is 0 Å². The SMILES string of the molecule is c1ccc(-c2cc(-c3ccc(-c4cccc(-c5cc6c(-c7ccccc7)nc7ccccc7c6c6c5oc5ccccc56)c4)cc3)nc(-c3ccccc3)n2)cc1. The van der Waals surface area contributed by atoms with Crippen LogP contribution in [0.25, 0.3) is 111 Å². The molecule has 0 saturated carbocycles. The summed E-state index contributed by atoms with van der Waals surface area (Å²) in [5.74, 6) is 0.703. The zero-order chi connectivity index (χ0) is 37.7. The Morgan fingerprint density at radius 3 is 1.63 bits per heavy atom. The maximum Gasteiger partial charge on any atom is 0.160 e. The molecule has 0 aliphatic carbocycles. The highest BCUT2D eigenvalue weighted by Crippen LogP contribution is 2.46. The maximum absolute atomic E-state index is 6.80. The van der Waals surface area contributed by atoms with Crippen molar-refractivity contribution in [2.24, 2.45) is 0 Å². The number of hydrogen-bond acceptors (Lipinski definition) is 4. The lowest BCUT2D eigenvalue weighted by atomic mass is 9.91. The quantitative estimate of drug-likeness (QED) is 0.160. The summed E-state index contributed by atoms with van der Waals surface area (Å²) in [6.07, 6.45) is 0. The topological polar surface area (TPSA) is 51.8 Å². The van der Waals surface area contributed by atoms with E-state index in [2.05, 4.69) is 158 Å². The first kappa shape index (κ1) is 32.7. The Hall–Kier alpha value is -7.69. The van der Waals surface area contributed by atoms with Crippen LogP contribution in [0.5, 0.6) is 0 Å². The second kappa shape index (κ2) is 13.6. The number of benzene rings is 8. The van der Waals surface area contributed by atoms with Crippen LogP contribution >= 0.6 is 0 Å². The molecule has 0 bridgehead atoms. The van der Waals surface area contributed by atoms with Gasteiger partial charge >= 0.3 is 0 Å². The highest BCUT2D eigenvalue weighted by molar-refractivity contribution is 6.30. The van der Waals surface area contributed by atoms with Gasteiger partial charge in [0, 0.05) is 54.7 Å². The van der Waals surface area contributed by atoms with E-state index in [1.54, 1.807) is 0 Å². The number of nitrogens with zero attached hydrogens (tertiary/aromatic N) is 3. The zero-order valence-corrected chi connectivity index (χ0v) is 30.8. The predicted octanol–water partition coefficient (Wildman–Crippen LogP) is 14.1. The van der Waals surface area contributed by atoms with Crippen molar-refractivity contribution in [1.82, 2.24) is 15.0 Å². The van der Waals surface area contributed by atoms with Gasteiger partial charge in [-0.1, -0.05) is 170 Å². The summed E-state index contributed by atoms with van der Waals surface area (Å²) in [5.41, 5.74) is 13.9. The Balaban J connectivity index is 1.06. The van der Waals surface area contributed by atoms with Crippen molar-refractivity contribution < 1.29 is 4.42 Å². The third-order valence-corrected chi connectivity index (χ3v) is 10.9. The van der Waals surface area contributed by atoms with Gasteiger partial charge in [0.05, 0.1) is 22.6 Å². The van der Waals surface area contributed by atoms with Gasteiger partial charge in [0.1, 0.15) is 11.2 Å².